The van der Waals surface area contributed by atoms with E-state index >= 15 is 0 Å². The number of hydrogen-bond donors (Lipinski definition) is 0. The van der Waals surface area contributed by atoms with Gasteiger partial charge in [0.1, 0.15) is 0 Å². The van der Waals surface area contributed by atoms with Gasteiger partial charge in [0, 0.05) is 35.2 Å². The maximum absolute atomic E-state index is 6.04. The number of fused-ring (bicyclic) bond motifs is 1. The topological polar surface area (TPSA) is 17.4 Å². The van der Waals surface area contributed by atoms with Crippen LogP contribution in [-0.4, -0.2) is 30.9 Å². The Hall–Kier alpha value is -1.97. The molecule has 3 nitrogen and oxygen atoms in total. The van der Waals surface area contributed by atoms with Crippen molar-refractivity contribution < 1.29 is 4.74 Å². The van der Waals surface area contributed by atoms with Gasteiger partial charge >= 0.3 is 0 Å². The quantitative estimate of drug-likeness (QED) is 0.843. The predicted octanol–water partition coefficient (Wildman–Crippen LogP) is 2.49. The van der Waals surface area contributed by atoms with E-state index in [-0.39, 0.29) is 0 Å². The van der Waals surface area contributed by atoms with E-state index in [0.717, 1.165) is 43.4 Å². The van der Waals surface area contributed by atoms with E-state index in [0.29, 0.717) is 0 Å². The molecule has 1 aromatic heterocycles. The van der Waals surface area contributed by atoms with E-state index in [1.54, 1.807) is 0 Å². The number of nitrogens with zero attached hydrogens (tertiary/aromatic N) is 2. The van der Waals surface area contributed by atoms with Crippen LogP contribution in [0.2, 0.25) is 5.02 Å². The zero-order valence-electron chi connectivity index (χ0n) is 12.9. The Morgan fingerprint density at radius 2 is 1.83 bits per heavy atom. The highest BCUT2D eigenvalue weighted by Crippen LogP contribution is 2.16. The molecule has 4 heteroatoms. The molecule has 0 amide bonds. The van der Waals surface area contributed by atoms with E-state index in [1.165, 1.54) is 16.3 Å². The molecule has 0 atom stereocenters. The van der Waals surface area contributed by atoms with Crippen LogP contribution in [0.5, 0.6) is 0 Å². The van der Waals surface area contributed by atoms with Gasteiger partial charge in [0.05, 0.1) is 24.3 Å². The molecule has 1 aromatic carbocycles. The number of aromatic nitrogens is 1. The van der Waals surface area contributed by atoms with Crippen LogP contribution in [-0.2, 0) is 4.74 Å². The van der Waals surface area contributed by atoms with Gasteiger partial charge in [-0.2, -0.15) is 0 Å². The Morgan fingerprint density at radius 3 is 2.61 bits per heavy atom. The molecule has 2 aliphatic rings. The maximum atomic E-state index is 6.04. The first kappa shape index (κ1) is 14.6. The number of morpholine rings is 1. The standard InChI is InChI=1S/C19H19ClN2O/c20-15-6-8-16(9-7-15)22-14-19(21-10-12-23-13-11-21)17-4-2-1-3-5-18(17)22/h1-2,4-9,14H,3,10-13H2. The minimum Gasteiger partial charge on any atom is -0.378 e. The molecule has 1 aliphatic carbocycles. The third kappa shape index (κ3) is 2.82. The van der Waals surface area contributed by atoms with Crippen LogP contribution in [0.4, 0.5) is 5.69 Å². The predicted molar refractivity (Wildman–Crippen MR) is 95.7 cm³/mol. The van der Waals surface area contributed by atoms with Crippen LogP contribution in [0, 0.1) is 0 Å². The van der Waals surface area contributed by atoms with Crippen molar-refractivity contribution in [1.29, 1.82) is 0 Å². The summed E-state index contributed by atoms with van der Waals surface area (Å²) in [5, 5.41) is 3.30. The van der Waals surface area contributed by atoms with E-state index in [9.17, 15) is 0 Å². The molecule has 2 heterocycles. The van der Waals surface area contributed by atoms with Gasteiger partial charge in [-0.1, -0.05) is 35.9 Å². The molecule has 23 heavy (non-hydrogen) atoms. The molecule has 0 radical (unpaired) electrons. The van der Waals surface area contributed by atoms with Gasteiger partial charge in [-0.15, -0.1) is 0 Å². The molecular formula is C19H19ClN2O. The summed E-state index contributed by atoms with van der Waals surface area (Å²) in [5.74, 6) is 0. The fourth-order valence-corrected chi connectivity index (χ4v) is 3.32. The highest BCUT2D eigenvalue weighted by Gasteiger charge is 2.16. The van der Waals surface area contributed by atoms with Gasteiger partial charge < -0.3 is 14.2 Å². The average molecular weight is 327 g/mol. The van der Waals surface area contributed by atoms with Crippen molar-refractivity contribution in [2.45, 2.75) is 6.42 Å². The first-order valence-electron chi connectivity index (χ1n) is 8.00. The molecular weight excluding hydrogens is 308 g/mol. The summed E-state index contributed by atoms with van der Waals surface area (Å²) in [6.07, 6.45) is 12.0. The van der Waals surface area contributed by atoms with E-state index in [1.807, 2.05) is 12.1 Å². The highest BCUT2D eigenvalue weighted by atomic mass is 35.5. The van der Waals surface area contributed by atoms with Crippen LogP contribution in [0.25, 0.3) is 17.8 Å². The molecule has 0 spiro atoms. The summed E-state index contributed by atoms with van der Waals surface area (Å²) >= 11 is 6.04. The minimum absolute atomic E-state index is 0.762. The largest absolute Gasteiger partial charge is 0.378 e. The first-order chi connectivity index (χ1) is 11.3. The number of benzene rings is 1. The molecule has 1 fully saturated rings. The summed E-state index contributed by atoms with van der Waals surface area (Å²) in [6.45, 7) is 3.46. The Kier molecular flexibility index (Phi) is 3.98. The number of ether oxygens (including phenoxy) is 1. The van der Waals surface area contributed by atoms with Crippen LogP contribution < -0.4 is 15.5 Å². The average Bonchev–Trinajstić information content (AvgIpc) is 2.78. The zero-order valence-corrected chi connectivity index (χ0v) is 13.7. The van der Waals surface area contributed by atoms with Crippen molar-refractivity contribution in [3.63, 3.8) is 0 Å². The second-order valence-corrected chi connectivity index (χ2v) is 6.23. The van der Waals surface area contributed by atoms with E-state index in [4.69, 9.17) is 16.3 Å². The van der Waals surface area contributed by atoms with Crippen molar-refractivity contribution in [2.24, 2.45) is 0 Å². The maximum Gasteiger partial charge on any atom is 0.0642 e. The summed E-state index contributed by atoms with van der Waals surface area (Å²) in [5.41, 5.74) is 2.41. The number of allylic oxidation sites excluding steroid dienone is 2. The lowest BCUT2D eigenvalue weighted by molar-refractivity contribution is 0.122. The van der Waals surface area contributed by atoms with Gasteiger partial charge in [-0.25, -0.2) is 0 Å². The highest BCUT2D eigenvalue weighted by molar-refractivity contribution is 6.30. The number of hydrogen-bond acceptors (Lipinski definition) is 2. The number of anilines is 1. The van der Waals surface area contributed by atoms with Gasteiger partial charge in [0.25, 0.3) is 0 Å². The normalized spacial score (nSPS) is 17.2. The molecule has 0 bridgehead atoms. The van der Waals surface area contributed by atoms with Crippen molar-refractivity contribution in [2.75, 3.05) is 31.2 Å². The van der Waals surface area contributed by atoms with Crippen molar-refractivity contribution in [1.82, 2.24) is 4.57 Å². The number of halogens is 1. The lowest BCUT2D eigenvalue weighted by atomic mass is 10.3. The van der Waals surface area contributed by atoms with Crippen LogP contribution >= 0.6 is 11.6 Å². The summed E-state index contributed by atoms with van der Waals surface area (Å²) in [7, 11) is 0. The zero-order chi connectivity index (χ0) is 15.6. The van der Waals surface area contributed by atoms with E-state index in [2.05, 4.69) is 52.1 Å². The van der Waals surface area contributed by atoms with Gasteiger partial charge in [-0.3, -0.25) is 0 Å². The molecule has 0 N–H and O–H groups in total. The lowest BCUT2D eigenvalue weighted by Crippen LogP contribution is -2.40. The third-order valence-corrected chi connectivity index (χ3v) is 4.62. The Bertz CT molecular complexity index is 843. The van der Waals surface area contributed by atoms with Crippen molar-refractivity contribution >= 4 is 29.4 Å². The van der Waals surface area contributed by atoms with Gasteiger partial charge in [-0.05, 0) is 30.7 Å². The van der Waals surface area contributed by atoms with Crippen LogP contribution in [0.15, 0.2) is 42.6 Å². The molecule has 0 unspecified atom stereocenters. The van der Waals surface area contributed by atoms with Crippen molar-refractivity contribution in [3.8, 4) is 5.69 Å². The number of rotatable bonds is 2. The summed E-state index contributed by atoms with van der Waals surface area (Å²) in [6, 6.07) is 8.02. The second-order valence-electron chi connectivity index (χ2n) is 5.79. The molecule has 0 saturated carbocycles. The second kappa shape index (κ2) is 6.26. The molecule has 118 valence electrons. The molecule has 1 saturated heterocycles. The van der Waals surface area contributed by atoms with Crippen LogP contribution in [0.3, 0.4) is 0 Å². The fraction of sp³-hybridized carbons (Fsp3) is 0.263. The monoisotopic (exact) mass is 326 g/mol. The smallest absolute Gasteiger partial charge is 0.0642 e. The van der Waals surface area contributed by atoms with Crippen LogP contribution in [0.1, 0.15) is 6.42 Å². The lowest BCUT2D eigenvalue weighted by Gasteiger charge is -2.28. The van der Waals surface area contributed by atoms with Gasteiger partial charge in [0.2, 0.25) is 0 Å². The summed E-state index contributed by atoms with van der Waals surface area (Å²) in [4.78, 5) is 2.41. The van der Waals surface area contributed by atoms with E-state index < -0.39 is 0 Å². The SMILES string of the molecule is Clc1ccc(-n2cc(N3CCOCC3)c3c2=CCC=CC=3)cc1. The van der Waals surface area contributed by atoms with Crippen molar-refractivity contribution in [3.05, 3.63) is 58.2 Å². The fourth-order valence-electron chi connectivity index (χ4n) is 3.20. The van der Waals surface area contributed by atoms with Gasteiger partial charge in [0.15, 0.2) is 0 Å². The Balaban J connectivity index is 1.89. The molecule has 1 aliphatic heterocycles. The first-order valence-corrected chi connectivity index (χ1v) is 8.38. The Morgan fingerprint density at radius 1 is 1.04 bits per heavy atom. The summed E-state index contributed by atoms with van der Waals surface area (Å²) < 4.78 is 7.76. The minimum atomic E-state index is 0.762. The third-order valence-electron chi connectivity index (χ3n) is 4.37. The molecule has 2 aromatic rings. The molecule has 4 rings (SSSR count). The Labute approximate surface area is 140 Å².